The van der Waals surface area contributed by atoms with Crippen molar-refractivity contribution in [3.8, 4) is 22.6 Å². The smallest absolute Gasteiger partial charge is 0.204 e. The first kappa shape index (κ1) is 12.7. The minimum absolute atomic E-state index is 0.0874. The summed E-state index contributed by atoms with van der Waals surface area (Å²) in [5, 5.41) is 0.550. The summed E-state index contributed by atoms with van der Waals surface area (Å²) in [6.45, 7) is 0. The van der Waals surface area contributed by atoms with Crippen molar-refractivity contribution in [2.75, 3.05) is 0 Å². The first-order valence-electron chi connectivity index (χ1n) is 7.00. The Balaban J connectivity index is 2.14. The third-order valence-electron chi connectivity index (χ3n) is 3.60. The van der Waals surface area contributed by atoms with E-state index in [0.717, 1.165) is 5.56 Å². The maximum atomic E-state index is 12.9. The number of fused-ring (bicyclic) bond motifs is 1. The van der Waals surface area contributed by atoms with E-state index in [2.05, 4.69) is 0 Å². The molecule has 106 valence electrons. The highest BCUT2D eigenvalue weighted by molar-refractivity contribution is 5.87. The zero-order valence-electron chi connectivity index (χ0n) is 11.7. The van der Waals surface area contributed by atoms with Gasteiger partial charge in [0.1, 0.15) is 22.7 Å². The maximum Gasteiger partial charge on any atom is 0.204 e. The van der Waals surface area contributed by atoms with E-state index in [0.29, 0.717) is 28.1 Å². The minimum Gasteiger partial charge on any atom is -0.464 e. The van der Waals surface area contributed by atoms with Crippen LogP contribution < -0.4 is 5.43 Å². The monoisotopic (exact) mass is 288 g/mol. The molecule has 4 rings (SSSR count). The lowest BCUT2D eigenvalue weighted by atomic mass is 10.0. The van der Waals surface area contributed by atoms with E-state index >= 15 is 0 Å². The molecular weight excluding hydrogens is 276 g/mol. The molecule has 0 atom stereocenters. The zero-order chi connectivity index (χ0) is 14.9. The molecule has 2 aromatic carbocycles. The van der Waals surface area contributed by atoms with Gasteiger partial charge in [-0.2, -0.15) is 0 Å². The summed E-state index contributed by atoms with van der Waals surface area (Å²) >= 11 is 0. The van der Waals surface area contributed by atoms with Gasteiger partial charge >= 0.3 is 0 Å². The molecule has 0 saturated heterocycles. The van der Waals surface area contributed by atoms with E-state index < -0.39 is 0 Å². The van der Waals surface area contributed by atoms with Crippen LogP contribution >= 0.6 is 0 Å². The topological polar surface area (TPSA) is 43.4 Å². The van der Waals surface area contributed by atoms with Gasteiger partial charge in [-0.05, 0) is 24.3 Å². The highest BCUT2D eigenvalue weighted by atomic mass is 16.3. The van der Waals surface area contributed by atoms with Gasteiger partial charge in [-0.1, -0.05) is 42.5 Å². The standard InChI is InChI=1S/C19H12O3/c20-18-14-9-4-5-10-15(14)22-19(13-7-2-1-3-8-13)17(18)16-11-6-12-21-16/h1-12H. The number of hydrogen-bond acceptors (Lipinski definition) is 3. The highest BCUT2D eigenvalue weighted by Crippen LogP contribution is 2.32. The van der Waals surface area contributed by atoms with Crippen molar-refractivity contribution in [3.05, 3.63) is 83.2 Å². The highest BCUT2D eigenvalue weighted by Gasteiger charge is 2.19. The van der Waals surface area contributed by atoms with Gasteiger partial charge < -0.3 is 8.83 Å². The maximum absolute atomic E-state index is 12.9. The molecule has 0 radical (unpaired) electrons. The lowest BCUT2D eigenvalue weighted by Crippen LogP contribution is -2.06. The molecule has 0 aliphatic heterocycles. The Morgan fingerprint density at radius 3 is 2.32 bits per heavy atom. The molecule has 22 heavy (non-hydrogen) atoms. The molecule has 2 heterocycles. The third kappa shape index (κ3) is 1.95. The fraction of sp³-hybridized carbons (Fsp3) is 0. The van der Waals surface area contributed by atoms with E-state index in [-0.39, 0.29) is 5.43 Å². The molecular formula is C19H12O3. The summed E-state index contributed by atoms with van der Waals surface area (Å²) in [6.07, 6.45) is 1.55. The van der Waals surface area contributed by atoms with E-state index in [1.807, 2.05) is 42.5 Å². The van der Waals surface area contributed by atoms with Gasteiger partial charge in [-0.3, -0.25) is 4.79 Å². The Labute approximate surface area is 126 Å². The fourth-order valence-electron chi connectivity index (χ4n) is 2.58. The van der Waals surface area contributed by atoms with Crippen molar-refractivity contribution in [1.29, 1.82) is 0 Å². The van der Waals surface area contributed by atoms with Gasteiger partial charge in [-0.25, -0.2) is 0 Å². The molecule has 0 amide bonds. The second-order valence-corrected chi connectivity index (χ2v) is 4.97. The molecule has 0 aliphatic rings. The first-order chi connectivity index (χ1) is 10.8. The van der Waals surface area contributed by atoms with E-state index in [4.69, 9.17) is 8.83 Å². The van der Waals surface area contributed by atoms with E-state index in [1.165, 1.54) is 0 Å². The number of rotatable bonds is 2. The molecule has 2 aromatic heterocycles. The molecule has 0 N–H and O–H groups in total. The summed E-state index contributed by atoms with van der Waals surface area (Å²) in [5.74, 6) is 1.04. The first-order valence-corrected chi connectivity index (χ1v) is 7.00. The molecule has 4 aromatic rings. The van der Waals surface area contributed by atoms with Crippen LogP contribution in [0.1, 0.15) is 0 Å². The van der Waals surface area contributed by atoms with Crippen molar-refractivity contribution in [3.63, 3.8) is 0 Å². The van der Waals surface area contributed by atoms with Gasteiger partial charge in [-0.15, -0.1) is 0 Å². The van der Waals surface area contributed by atoms with Gasteiger partial charge in [0, 0.05) is 5.56 Å². The molecule has 3 heteroatoms. The molecule has 0 bridgehead atoms. The predicted octanol–water partition coefficient (Wildman–Crippen LogP) is 4.72. The Kier molecular flexibility index (Phi) is 2.90. The summed E-state index contributed by atoms with van der Waals surface area (Å²) in [5.41, 5.74) is 1.78. The number of furan rings is 1. The number of benzene rings is 2. The Hall–Kier alpha value is -3.07. The lowest BCUT2D eigenvalue weighted by molar-refractivity contribution is 0.573. The minimum atomic E-state index is -0.0874. The van der Waals surface area contributed by atoms with Crippen LogP contribution in [0.25, 0.3) is 33.6 Å². The molecule has 0 fully saturated rings. The van der Waals surface area contributed by atoms with Crippen LogP contribution in [0.4, 0.5) is 0 Å². The number of para-hydroxylation sites is 1. The van der Waals surface area contributed by atoms with Gasteiger partial charge in [0.15, 0.2) is 0 Å². The quantitative estimate of drug-likeness (QED) is 0.536. The SMILES string of the molecule is O=c1c(-c2ccco2)c(-c2ccccc2)oc2ccccc12. The van der Waals surface area contributed by atoms with Crippen LogP contribution in [0.3, 0.4) is 0 Å². The molecule has 0 saturated carbocycles. The van der Waals surface area contributed by atoms with Crippen LogP contribution in [-0.4, -0.2) is 0 Å². The van der Waals surface area contributed by atoms with Crippen LogP contribution in [-0.2, 0) is 0 Å². The Bertz CT molecular complexity index is 980. The van der Waals surface area contributed by atoms with Gasteiger partial charge in [0.05, 0.1) is 11.6 Å². The average Bonchev–Trinajstić information content (AvgIpc) is 3.10. The van der Waals surface area contributed by atoms with Gasteiger partial charge in [0.25, 0.3) is 0 Å². The van der Waals surface area contributed by atoms with Crippen molar-refractivity contribution < 1.29 is 8.83 Å². The van der Waals surface area contributed by atoms with Crippen LogP contribution in [0.15, 0.2) is 86.6 Å². The van der Waals surface area contributed by atoms with Crippen molar-refractivity contribution >= 4 is 11.0 Å². The summed E-state index contributed by atoms with van der Waals surface area (Å²) in [4.78, 5) is 12.9. The number of hydrogen-bond donors (Lipinski definition) is 0. The Morgan fingerprint density at radius 1 is 0.773 bits per heavy atom. The third-order valence-corrected chi connectivity index (χ3v) is 3.60. The zero-order valence-corrected chi connectivity index (χ0v) is 11.7. The van der Waals surface area contributed by atoms with Crippen LogP contribution in [0.2, 0.25) is 0 Å². The summed E-state index contributed by atoms with van der Waals surface area (Å²) in [7, 11) is 0. The summed E-state index contributed by atoms with van der Waals surface area (Å²) < 4.78 is 11.5. The summed E-state index contributed by atoms with van der Waals surface area (Å²) in [6, 6.07) is 20.4. The van der Waals surface area contributed by atoms with E-state index in [1.54, 1.807) is 30.5 Å². The molecule has 0 spiro atoms. The van der Waals surface area contributed by atoms with Crippen molar-refractivity contribution in [1.82, 2.24) is 0 Å². The van der Waals surface area contributed by atoms with E-state index in [9.17, 15) is 4.79 Å². The fourth-order valence-corrected chi connectivity index (χ4v) is 2.58. The molecule has 3 nitrogen and oxygen atoms in total. The second-order valence-electron chi connectivity index (χ2n) is 4.97. The predicted molar refractivity (Wildman–Crippen MR) is 85.6 cm³/mol. The molecule has 0 aliphatic carbocycles. The average molecular weight is 288 g/mol. The largest absolute Gasteiger partial charge is 0.464 e. The Morgan fingerprint density at radius 2 is 1.55 bits per heavy atom. The van der Waals surface area contributed by atoms with Crippen molar-refractivity contribution in [2.45, 2.75) is 0 Å². The van der Waals surface area contributed by atoms with Crippen LogP contribution in [0.5, 0.6) is 0 Å². The normalized spacial score (nSPS) is 10.9. The van der Waals surface area contributed by atoms with Crippen LogP contribution in [0, 0.1) is 0 Å². The lowest BCUT2D eigenvalue weighted by Gasteiger charge is -2.08. The van der Waals surface area contributed by atoms with Gasteiger partial charge in [0.2, 0.25) is 5.43 Å². The molecule has 0 unspecified atom stereocenters. The second kappa shape index (κ2) is 5.04. The van der Waals surface area contributed by atoms with Crippen molar-refractivity contribution in [2.24, 2.45) is 0 Å².